The van der Waals surface area contributed by atoms with Gasteiger partial charge < -0.3 is 10.5 Å². The Morgan fingerprint density at radius 2 is 1.83 bits per heavy atom. The maximum absolute atomic E-state index is 13.5. The molecule has 3 rings (SSSR count). The number of aromatic nitrogens is 2. The zero-order valence-corrected chi connectivity index (χ0v) is 12.4. The minimum Gasteiger partial charge on any atom is -0.454 e. The fourth-order valence-corrected chi connectivity index (χ4v) is 1.62. The van der Waals surface area contributed by atoms with Gasteiger partial charge in [0.25, 0.3) is 5.69 Å². The monoisotopic (exact) mass is 328 g/mol. The summed E-state index contributed by atoms with van der Waals surface area (Å²) in [7, 11) is 0. The van der Waals surface area contributed by atoms with E-state index in [4.69, 9.17) is 10.5 Å². The smallest absolute Gasteiger partial charge is 0.272 e. The van der Waals surface area contributed by atoms with Crippen molar-refractivity contribution < 1.29 is 14.1 Å². The topological polar surface area (TPSA) is 104 Å². The Balaban J connectivity index is 0.000000292. The van der Waals surface area contributed by atoms with E-state index in [0.717, 1.165) is 12.1 Å². The molecule has 0 spiro atoms. The number of nitrogen functional groups attached to an aromatic ring is 1. The first kappa shape index (κ1) is 16.8. The second kappa shape index (κ2) is 8.18. The van der Waals surface area contributed by atoms with Gasteiger partial charge in [-0.2, -0.15) is 0 Å². The van der Waals surface area contributed by atoms with Crippen LogP contribution in [0.2, 0.25) is 0 Å². The number of nitrogens with zero attached hydrogens (tertiary/aromatic N) is 3. The first-order valence-corrected chi connectivity index (χ1v) is 6.74. The third-order valence-electron chi connectivity index (χ3n) is 2.67. The highest BCUT2D eigenvalue weighted by Crippen LogP contribution is 2.27. The number of halogens is 1. The molecule has 2 aromatic heterocycles. The number of benzene rings is 1. The van der Waals surface area contributed by atoms with Gasteiger partial charge in [0.15, 0.2) is 11.6 Å². The van der Waals surface area contributed by atoms with E-state index in [9.17, 15) is 14.5 Å². The van der Waals surface area contributed by atoms with Crippen molar-refractivity contribution in [3.63, 3.8) is 0 Å². The van der Waals surface area contributed by atoms with Gasteiger partial charge in [0.2, 0.25) is 0 Å². The van der Waals surface area contributed by atoms with E-state index in [-0.39, 0.29) is 17.3 Å². The predicted molar refractivity (Wildman–Crippen MR) is 86.0 cm³/mol. The van der Waals surface area contributed by atoms with E-state index in [1.165, 1.54) is 24.4 Å². The molecule has 0 radical (unpaired) electrons. The highest BCUT2D eigenvalue weighted by atomic mass is 19.1. The van der Waals surface area contributed by atoms with Crippen molar-refractivity contribution in [1.29, 1.82) is 0 Å². The molecule has 2 heterocycles. The molecule has 3 aromatic rings. The Hall–Kier alpha value is -3.55. The maximum Gasteiger partial charge on any atom is 0.272 e. The molecular weight excluding hydrogens is 315 g/mol. The summed E-state index contributed by atoms with van der Waals surface area (Å²) in [6, 6.07) is 11.8. The Bertz CT molecular complexity index is 789. The summed E-state index contributed by atoms with van der Waals surface area (Å²) in [5, 5.41) is 10.4. The molecule has 0 aliphatic rings. The van der Waals surface area contributed by atoms with Crippen LogP contribution in [0.1, 0.15) is 0 Å². The van der Waals surface area contributed by atoms with Crippen molar-refractivity contribution in [1.82, 2.24) is 9.97 Å². The third kappa shape index (κ3) is 5.02. The van der Waals surface area contributed by atoms with Crippen molar-refractivity contribution >= 4 is 11.5 Å². The van der Waals surface area contributed by atoms with Gasteiger partial charge in [-0.05, 0) is 24.3 Å². The molecule has 0 amide bonds. The van der Waals surface area contributed by atoms with Crippen LogP contribution in [0.15, 0.2) is 67.1 Å². The number of pyridine rings is 2. The van der Waals surface area contributed by atoms with E-state index >= 15 is 0 Å². The van der Waals surface area contributed by atoms with Crippen molar-refractivity contribution in [2.45, 2.75) is 0 Å². The molecule has 7 nitrogen and oxygen atoms in total. The molecule has 2 N–H and O–H groups in total. The molecule has 122 valence electrons. The van der Waals surface area contributed by atoms with Crippen LogP contribution in [0.3, 0.4) is 0 Å². The molecule has 8 heteroatoms. The van der Waals surface area contributed by atoms with Gasteiger partial charge in [0.1, 0.15) is 11.6 Å². The van der Waals surface area contributed by atoms with Crippen LogP contribution in [0, 0.1) is 15.9 Å². The largest absolute Gasteiger partial charge is 0.454 e. The van der Waals surface area contributed by atoms with Crippen molar-refractivity contribution in [3.8, 4) is 11.5 Å². The molecule has 0 saturated heterocycles. The molecule has 0 saturated carbocycles. The van der Waals surface area contributed by atoms with Gasteiger partial charge in [-0.1, -0.05) is 6.07 Å². The lowest BCUT2D eigenvalue weighted by Gasteiger charge is -2.06. The summed E-state index contributed by atoms with van der Waals surface area (Å²) in [6.07, 6.45) is 4.91. The van der Waals surface area contributed by atoms with Crippen LogP contribution in [-0.2, 0) is 0 Å². The number of nitro groups is 1. The number of nitrogens with two attached hydrogens (primary N) is 1. The summed E-state index contributed by atoms with van der Waals surface area (Å²) in [6.45, 7) is 0. The van der Waals surface area contributed by atoms with Crippen LogP contribution in [0.25, 0.3) is 0 Å². The van der Waals surface area contributed by atoms with Gasteiger partial charge in [0.05, 0.1) is 11.0 Å². The highest BCUT2D eigenvalue weighted by molar-refractivity contribution is 5.42. The van der Waals surface area contributed by atoms with Gasteiger partial charge in [-0.15, -0.1) is 0 Å². The second-order valence-electron chi connectivity index (χ2n) is 4.41. The average Bonchev–Trinajstić information content (AvgIpc) is 2.59. The molecule has 24 heavy (non-hydrogen) atoms. The summed E-state index contributed by atoms with van der Waals surface area (Å²) >= 11 is 0. The second-order valence-corrected chi connectivity index (χ2v) is 4.41. The first-order valence-electron chi connectivity index (χ1n) is 6.74. The van der Waals surface area contributed by atoms with E-state index in [2.05, 4.69) is 9.97 Å². The summed E-state index contributed by atoms with van der Waals surface area (Å²) in [5.74, 6) is -0.407. The minimum absolute atomic E-state index is 0.119. The Labute approximate surface area is 136 Å². The fourth-order valence-electron chi connectivity index (χ4n) is 1.62. The molecule has 1 aromatic carbocycles. The van der Waals surface area contributed by atoms with Crippen molar-refractivity contribution in [2.24, 2.45) is 0 Å². The Morgan fingerprint density at radius 3 is 2.33 bits per heavy atom. The van der Waals surface area contributed by atoms with Gasteiger partial charge in [0, 0.05) is 30.7 Å². The summed E-state index contributed by atoms with van der Waals surface area (Å²) < 4.78 is 18.7. The first-order chi connectivity index (χ1) is 11.6. The molecule has 0 bridgehead atoms. The van der Waals surface area contributed by atoms with Crippen LogP contribution >= 0.6 is 0 Å². The third-order valence-corrected chi connectivity index (χ3v) is 2.67. The van der Waals surface area contributed by atoms with Crippen LogP contribution in [0.4, 0.5) is 15.9 Å². The Morgan fingerprint density at radius 1 is 1.08 bits per heavy atom. The summed E-state index contributed by atoms with van der Waals surface area (Å²) in [4.78, 5) is 17.3. The average molecular weight is 328 g/mol. The van der Waals surface area contributed by atoms with E-state index < -0.39 is 10.7 Å². The van der Waals surface area contributed by atoms with Gasteiger partial charge in [-0.3, -0.25) is 15.1 Å². The lowest BCUT2D eigenvalue weighted by atomic mass is 10.3. The minimum atomic E-state index is -0.820. The number of hydrogen-bond donors (Lipinski definition) is 1. The molecule has 0 atom stereocenters. The number of ether oxygens (including phenoxy) is 1. The summed E-state index contributed by atoms with van der Waals surface area (Å²) in [5.41, 5.74) is 5.10. The van der Waals surface area contributed by atoms with E-state index in [0.29, 0.717) is 5.75 Å². The molecular formula is C16H13FN4O3. The van der Waals surface area contributed by atoms with Crippen molar-refractivity contribution in [2.75, 3.05) is 5.73 Å². The number of rotatable bonds is 3. The SMILES string of the molecule is Nc1cc(Oc2ccc([N+](=O)[O-])cc2F)ccn1.c1ccncc1. The fraction of sp³-hybridized carbons (Fsp3) is 0. The van der Waals surface area contributed by atoms with E-state index in [1.807, 2.05) is 18.2 Å². The normalized spacial score (nSPS) is 9.54. The van der Waals surface area contributed by atoms with Crippen LogP contribution < -0.4 is 10.5 Å². The van der Waals surface area contributed by atoms with E-state index in [1.54, 1.807) is 12.4 Å². The van der Waals surface area contributed by atoms with Gasteiger partial charge in [-0.25, -0.2) is 9.37 Å². The highest BCUT2D eigenvalue weighted by Gasteiger charge is 2.12. The van der Waals surface area contributed by atoms with Crippen LogP contribution in [-0.4, -0.2) is 14.9 Å². The molecule has 0 aliphatic heterocycles. The van der Waals surface area contributed by atoms with Gasteiger partial charge >= 0.3 is 0 Å². The number of nitro benzene ring substituents is 1. The number of anilines is 1. The zero-order valence-electron chi connectivity index (χ0n) is 12.4. The van der Waals surface area contributed by atoms with Crippen LogP contribution in [0.5, 0.6) is 11.5 Å². The number of non-ortho nitro benzene ring substituents is 1. The Kier molecular flexibility index (Phi) is 5.73. The quantitative estimate of drug-likeness (QED) is 0.582. The molecule has 0 fully saturated rings. The lowest BCUT2D eigenvalue weighted by Crippen LogP contribution is -1.94. The standard InChI is InChI=1S/C11H8FN3O3.C5H5N/c12-9-5-7(15(16)17)1-2-10(9)18-8-3-4-14-11(13)6-8;1-2-4-6-5-3-1/h1-6H,(H2,13,14);1-5H. The lowest BCUT2D eigenvalue weighted by molar-refractivity contribution is -0.385. The molecule has 0 aliphatic carbocycles. The predicted octanol–water partition coefficient (Wildman–Crippen LogP) is 3.59. The molecule has 0 unspecified atom stereocenters. The zero-order chi connectivity index (χ0) is 17.4. The maximum atomic E-state index is 13.5. The number of hydrogen-bond acceptors (Lipinski definition) is 6. The van der Waals surface area contributed by atoms with Crippen molar-refractivity contribution in [3.05, 3.63) is 83.1 Å².